The lowest BCUT2D eigenvalue weighted by Gasteiger charge is -2.26. The molecule has 174 valence electrons. The number of aliphatic hydroxyl groups is 1. The second-order valence-corrected chi connectivity index (χ2v) is 10.1. The van der Waals surface area contributed by atoms with Crippen LogP contribution in [0, 0.1) is 0 Å². The van der Waals surface area contributed by atoms with Gasteiger partial charge in [-0.1, -0.05) is 52.4 Å². The van der Waals surface area contributed by atoms with Gasteiger partial charge >= 0.3 is 7.82 Å². The van der Waals surface area contributed by atoms with Gasteiger partial charge in [-0.25, -0.2) is 4.57 Å². The Morgan fingerprint density at radius 1 is 1.03 bits per heavy atom. The zero-order valence-corrected chi connectivity index (χ0v) is 20.0. The molecule has 0 spiro atoms. The van der Waals surface area contributed by atoms with E-state index in [1.165, 1.54) is 0 Å². The highest BCUT2D eigenvalue weighted by Gasteiger charge is 2.28. The number of phosphoric acid groups is 1. The van der Waals surface area contributed by atoms with Gasteiger partial charge in [0.2, 0.25) is 5.91 Å². The smallest absolute Gasteiger partial charge is 0.391 e. The summed E-state index contributed by atoms with van der Waals surface area (Å²) in [5.74, 6) is -0.182. The molecule has 3 N–H and O–H groups in total. The van der Waals surface area contributed by atoms with Gasteiger partial charge < -0.3 is 19.8 Å². The van der Waals surface area contributed by atoms with Crippen LogP contribution in [0.25, 0.3) is 0 Å². The Morgan fingerprint density at radius 2 is 1.66 bits per heavy atom. The normalized spacial score (nSPS) is 16.2. The zero-order valence-electron chi connectivity index (χ0n) is 19.1. The van der Waals surface area contributed by atoms with Crippen molar-refractivity contribution in [2.24, 2.45) is 0 Å². The van der Waals surface area contributed by atoms with E-state index in [9.17, 15) is 19.4 Å². The van der Waals surface area contributed by atoms with Crippen LogP contribution in [0.5, 0.6) is 0 Å². The Balaban J connectivity index is 4.68. The second kappa shape index (κ2) is 15.3. The van der Waals surface area contributed by atoms with Crippen LogP contribution in [0.4, 0.5) is 0 Å². The number of unbranched alkanes of at least 4 members (excludes halogenated alkanes) is 5. The predicted molar refractivity (Wildman–Crippen MR) is 115 cm³/mol. The molecule has 0 aliphatic heterocycles. The number of nitrogens with one attached hydrogen (secondary N) is 1. The number of hydrogen-bond acceptors (Lipinski definition) is 5. The van der Waals surface area contributed by atoms with E-state index >= 15 is 0 Å². The monoisotopic (exact) mass is 439 g/mol. The van der Waals surface area contributed by atoms with E-state index < -0.39 is 20.0 Å². The zero-order chi connectivity index (χ0) is 22.3. The summed E-state index contributed by atoms with van der Waals surface area (Å²) in [4.78, 5) is 22.1. The lowest BCUT2D eigenvalue weighted by molar-refractivity contribution is -0.870. The number of likely N-dealkylation sites (N-methyl/N-ethyl adjacent to an activating group) is 1. The highest BCUT2D eigenvalue weighted by Crippen LogP contribution is 2.43. The molecule has 0 rings (SSSR count). The summed E-state index contributed by atoms with van der Waals surface area (Å²) in [6, 6.07) is -0.742. The van der Waals surface area contributed by atoms with Crippen LogP contribution in [0.1, 0.15) is 71.6 Å². The first-order valence-electron chi connectivity index (χ1n) is 10.9. The molecule has 0 bridgehead atoms. The topological polar surface area (TPSA) is 105 Å². The third-order valence-electron chi connectivity index (χ3n) is 4.61. The second-order valence-electron chi connectivity index (χ2n) is 8.66. The van der Waals surface area contributed by atoms with Crippen LogP contribution in [-0.4, -0.2) is 73.4 Å². The van der Waals surface area contributed by atoms with Crippen molar-refractivity contribution in [1.82, 2.24) is 5.32 Å². The molecule has 1 unspecified atom stereocenters. The van der Waals surface area contributed by atoms with E-state index in [0.717, 1.165) is 44.9 Å². The third-order valence-corrected chi connectivity index (χ3v) is 5.59. The maximum absolute atomic E-state index is 12.2. The first-order valence-corrected chi connectivity index (χ1v) is 12.4. The van der Waals surface area contributed by atoms with Gasteiger partial charge in [0.1, 0.15) is 13.2 Å². The SMILES string of the molecule is CCCCCC[C@@H](O)[C@H](COP(=O)(O)OCC[N+](C)(C)C)NC(=O)CCCCC. The molecule has 0 aromatic heterocycles. The summed E-state index contributed by atoms with van der Waals surface area (Å²) in [7, 11) is 1.60. The maximum atomic E-state index is 12.2. The van der Waals surface area contributed by atoms with Gasteiger partial charge in [0.25, 0.3) is 0 Å². The summed E-state index contributed by atoms with van der Waals surface area (Å²) >= 11 is 0. The van der Waals surface area contributed by atoms with Crippen molar-refractivity contribution in [1.29, 1.82) is 0 Å². The molecule has 29 heavy (non-hydrogen) atoms. The Morgan fingerprint density at radius 3 is 2.24 bits per heavy atom. The van der Waals surface area contributed by atoms with Crippen LogP contribution < -0.4 is 5.32 Å². The fourth-order valence-electron chi connectivity index (χ4n) is 2.69. The largest absolute Gasteiger partial charge is 0.472 e. The van der Waals surface area contributed by atoms with Crippen LogP contribution >= 0.6 is 7.82 Å². The van der Waals surface area contributed by atoms with Crippen molar-refractivity contribution in [3.8, 4) is 0 Å². The molecule has 0 saturated carbocycles. The predicted octanol–water partition coefficient (Wildman–Crippen LogP) is 3.22. The number of carbonyl (C=O) groups is 1. The first-order chi connectivity index (χ1) is 13.5. The minimum Gasteiger partial charge on any atom is -0.391 e. The molecule has 3 atom stereocenters. The van der Waals surface area contributed by atoms with Gasteiger partial charge in [-0.2, -0.15) is 0 Å². The van der Waals surface area contributed by atoms with Crippen molar-refractivity contribution in [3.05, 3.63) is 0 Å². The molecular formula is C20H44N2O6P+. The van der Waals surface area contributed by atoms with E-state index in [0.29, 0.717) is 23.9 Å². The van der Waals surface area contributed by atoms with Gasteiger partial charge in [0.15, 0.2) is 0 Å². The number of amides is 1. The molecule has 0 radical (unpaired) electrons. The molecule has 0 aromatic carbocycles. The van der Waals surface area contributed by atoms with Crippen LogP contribution in [0.2, 0.25) is 0 Å². The van der Waals surface area contributed by atoms with E-state index in [4.69, 9.17) is 9.05 Å². The van der Waals surface area contributed by atoms with Crippen molar-refractivity contribution >= 4 is 13.7 Å². The number of rotatable bonds is 18. The Labute approximate surface area is 177 Å². The van der Waals surface area contributed by atoms with Crippen molar-refractivity contribution in [3.63, 3.8) is 0 Å². The van der Waals surface area contributed by atoms with E-state index in [-0.39, 0.29) is 19.1 Å². The number of nitrogens with zero attached hydrogens (tertiary/aromatic N) is 1. The van der Waals surface area contributed by atoms with Gasteiger partial charge in [0, 0.05) is 6.42 Å². The number of phosphoric ester groups is 1. The molecule has 9 heteroatoms. The Hall–Kier alpha value is -0.500. The van der Waals surface area contributed by atoms with Gasteiger partial charge in [-0.05, 0) is 12.8 Å². The highest BCUT2D eigenvalue weighted by molar-refractivity contribution is 7.47. The summed E-state index contributed by atoms with van der Waals surface area (Å²) in [6.07, 6.45) is 6.77. The summed E-state index contributed by atoms with van der Waals surface area (Å²) in [6.45, 7) is 4.52. The Bertz CT molecular complexity index is 484. The van der Waals surface area contributed by atoms with Crippen LogP contribution in [-0.2, 0) is 18.4 Å². The molecule has 0 aliphatic carbocycles. The molecule has 0 heterocycles. The van der Waals surface area contributed by atoms with Crippen molar-refractivity contribution in [2.75, 3.05) is 40.9 Å². The van der Waals surface area contributed by atoms with Crippen LogP contribution in [0.15, 0.2) is 0 Å². The average Bonchev–Trinajstić information content (AvgIpc) is 2.61. The number of quaternary nitrogens is 1. The minimum atomic E-state index is -4.25. The lowest BCUT2D eigenvalue weighted by atomic mass is 10.0. The Kier molecular flexibility index (Phi) is 15.1. The van der Waals surface area contributed by atoms with Gasteiger partial charge in [-0.3, -0.25) is 13.8 Å². The molecule has 0 aliphatic rings. The van der Waals surface area contributed by atoms with E-state index in [1.807, 2.05) is 21.1 Å². The van der Waals surface area contributed by atoms with Gasteiger partial charge in [-0.15, -0.1) is 0 Å². The molecule has 0 aromatic rings. The molecular weight excluding hydrogens is 395 g/mol. The molecule has 1 amide bonds. The summed E-state index contributed by atoms with van der Waals surface area (Å²) < 4.78 is 22.8. The quantitative estimate of drug-likeness (QED) is 0.172. The third kappa shape index (κ3) is 16.9. The van der Waals surface area contributed by atoms with Gasteiger partial charge in [0.05, 0.1) is 39.9 Å². The highest BCUT2D eigenvalue weighted by atomic mass is 31.2. The van der Waals surface area contributed by atoms with E-state index in [2.05, 4.69) is 19.2 Å². The molecule has 0 saturated heterocycles. The number of aliphatic hydroxyl groups excluding tert-OH is 1. The first kappa shape index (κ1) is 28.5. The summed E-state index contributed by atoms with van der Waals surface area (Å²) in [5.41, 5.74) is 0. The number of carbonyl (C=O) groups excluding carboxylic acids is 1. The maximum Gasteiger partial charge on any atom is 0.472 e. The van der Waals surface area contributed by atoms with E-state index in [1.54, 1.807) is 0 Å². The number of hydrogen-bond donors (Lipinski definition) is 3. The van der Waals surface area contributed by atoms with Crippen molar-refractivity contribution in [2.45, 2.75) is 83.8 Å². The van der Waals surface area contributed by atoms with Crippen molar-refractivity contribution < 1.29 is 32.9 Å². The summed E-state index contributed by atoms with van der Waals surface area (Å²) in [5, 5.41) is 13.3. The minimum absolute atomic E-state index is 0.0743. The fourth-order valence-corrected chi connectivity index (χ4v) is 3.42. The lowest BCUT2D eigenvalue weighted by Crippen LogP contribution is -2.46. The fraction of sp³-hybridized carbons (Fsp3) is 0.950. The molecule has 8 nitrogen and oxygen atoms in total. The van der Waals surface area contributed by atoms with Crippen LogP contribution in [0.3, 0.4) is 0 Å². The average molecular weight is 440 g/mol. The standard InChI is InChI=1S/C20H43N2O6P/c1-6-8-10-12-13-19(23)18(21-20(24)14-11-9-7-2)17-28-29(25,26)27-16-15-22(3,4)5/h18-19,23H,6-17H2,1-5H3,(H-,21,24,25,26)/p+1/t18-,19+/m0/s1. The molecule has 0 fully saturated rings.